The molecule has 5 unspecified atom stereocenters. The highest BCUT2D eigenvalue weighted by atomic mass is 32.2. The third kappa shape index (κ3) is 3.85. The predicted octanol–water partition coefficient (Wildman–Crippen LogP) is 5.68. The van der Waals surface area contributed by atoms with Crippen LogP contribution in [0.25, 0.3) is 0 Å². The van der Waals surface area contributed by atoms with Crippen LogP contribution < -0.4 is 0 Å². The van der Waals surface area contributed by atoms with Gasteiger partial charge in [-0.1, -0.05) is 37.1 Å². The molecule has 1 heterocycles. The van der Waals surface area contributed by atoms with Crippen LogP contribution in [0.1, 0.15) is 82.6 Å². The summed E-state index contributed by atoms with van der Waals surface area (Å²) in [6.45, 7) is 7.46. The number of aliphatic hydroxyl groups is 1. The summed E-state index contributed by atoms with van der Waals surface area (Å²) in [7, 11) is -3.49. The van der Waals surface area contributed by atoms with E-state index in [1.807, 2.05) is 18.2 Å². The van der Waals surface area contributed by atoms with Gasteiger partial charge in [-0.2, -0.15) is 4.31 Å². The number of rotatable bonds is 4. The van der Waals surface area contributed by atoms with E-state index in [-0.39, 0.29) is 17.1 Å². The number of nitrogens with zero attached hydrogens (tertiary/aromatic N) is 1. The number of hydrogen-bond donors (Lipinski definition) is 1. The van der Waals surface area contributed by atoms with Gasteiger partial charge in [0.05, 0.1) is 10.5 Å². The summed E-state index contributed by atoms with van der Waals surface area (Å²) >= 11 is 0. The molecule has 5 aliphatic rings. The minimum absolute atomic E-state index is 0.0921. The Hall–Kier alpha value is -2.02. The van der Waals surface area contributed by atoms with Gasteiger partial charge in [0.25, 0.3) is 0 Å². The van der Waals surface area contributed by atoms with E-state index in [9.17, 15) is 18.3 Å². The summed E-state index contributed by atoms with van der Waals surface area (Å²) < 4.78 is 28.2. The van der Waals surface area contributed by atoms with Crippen LogP contribution in [0.4, 0.5) is 0 Å². The Morgan fingerprint density at radius 2 is 1.78 bits per heavy atom. The highest BCUT2D eigenvalue weighted by Crippen LogP contribution is 2.67. The topological polar surface area (TPSA) is 74.7 Å². The van der Waals surface area contributed by atoms with Gasteiger partial charge in [-0.05, 0) is 98.1 Å². The van der Waals surface area contributed by atoms with Crippen LogP contribution in [0, 0.1) is 17.3 Å². The third-order valence-corrected chi connectivity index (χ3v) is 12.4. The van der Waals surface area contributed by atoms with Crippen molar-refractivity contribution in [3.05, 3.63) is 65.3 Å². The molecule has 37 heavy (non-hydrogen) atoms. The van der Waals surface area contributed by atoms with E-state index < -0.39 is 15.6 Å². The number of piperidine rings is 1. The fourth-order valence-electron chi connectivity index (χ4n) is 8.46. The van der Waals surface area contributed by atoms with E-state index in [0.29, 0.717) is 36.2 Å². The Morgan fingerprint density at radius 1 is 1.05 bits per heavy atom. The van der Waals surface area contributed by atoms with Crippen molar-refractivity contribution in [1.29, 1.82) is 0 Å². The zero-order valence-electron chi connectivity index (χ0n) is 21.9. The minimum atomic E-state index is -3.49. The molecule has 6 heteroatoms. The normalized spacial score (nSPS) is 36.4. The summed E-state index contributed by atoms with van der Waals surface area (Å²) in [5.74, 6) is 1.07. The molecule has 6 rings (SSSR count). The van der Waals surface area contributed by atoms with Gasteiger partial charge in [0, 0.05) is 30.8 Å². The lowest BCUT2D eigenvalue weighted by Crippen LogP contribution is -2.50. The molecule has 1 saturated heterocycles. The number of ketones is 1. The molecule has 2 saturated carbocycles. The first-order chi connectivity index (χ1) is 17.7. The van der Waals surface area contributed by atoms with Gasteiger partial charge in [0.2, 0.25) is 10.0 Å². The maximum absolute atomic E-state index is 13.3. The fraction of sp³-hybridized carbons (Fsp3) is 0.581. The maximum Gasteiger partial charge on any atom is 0.243 e. The molecule has 5 atom stereocenters. The van der Waals surface area contributed by atoms with Crippen molar-refractivity contribution >= 4 is 15.8 Å². The highest BCUT2D eigenvalue weighted by Gasteiger charge is 2.61. The number of allylic oxidation sites excluding steroid dienone is 4. The van der Waals surface area contributed by atoms with E-state index in [4.69, 9.17) is 0 Å². The van der Waals surface area contributed by atoms with Crippen LogP contribution in [0.5, 0.6) is 0 Å². The van der Waals surface area contributed by atoms with E-state index in [1.165, 1.54) is 16.7 Å². The number of hydrogen-bond acceptors (Lipinski definition) is 4. The Morgan fingerprint density at radius 3 is 2.49 bits per heavy atom. The lowest BCUT2D eigenvalue weighted by molar-refractivity contribution is -0.114. The third-order valence-electron chi connectivity index (χ3n) is 10.5. The molecule has 1 N–H and O–H groups in total. The van der Waals surface area contributed by atoms with Gasteiger partial charge in [0.1, 0.15) is 0 Å². The van der Waals surface area contributed by atoms with Crippen LogP contribution in [0.3, 0.4) is 0 Å². The summed E-state index contributed by atoms with van der Waals surface area (Å²) in [4.78, 5) is 12.6. The molecule has 0 bridgehead atoms. The molecule has 0 amide bonds. The van der Waals surface area contributed by atoms with E-state index in [1.54, 1.807) is 22.5 Å². The molecule has 5 nitrogen and oxygen atoms in total. The quantitative estimate of drug-likeness (QED) is 0.518. The molecule has 4 aliphatic carbocycles. The van der Waals surface area contributed by atoms with Crippen molar-refractivity contribution in [2.75, 3.05) is 13.1 Å². The molecule has 0 radical (unpaired) electrons. The first-order valence-electron chi connectivity index (χ1n) is 14.1. The van der Waals surface area contributed by atoms with Gasteiger partial charge in [-0.25, -0.2) is 8.42 Å². The Kier molecular flexibility index (Phi) is 6.17. The molecule has 1 aliphatic heterocycles. The van der Waals surface area contributed by atoms with E-state index >= 15 is 0 Å². The molecule has 0 spiro atoms. The second-order valence-corrected chi connectivity index (χ2v) is 14.1. The monoisotopic (exact) mass is 521 g/mol. The summed E-state index contributed by atoms with van der Waals surface area (Å²) in [6, 6.07) is 7.58. The van der Waals surface area contributed by atoms with Crippen molar-refractivity contribution in [2.24, 2.45) is 17.3 Å². The summed E-state index contributed by atoms with van der Waals surface area (Å²) in [6.07, 6.45) is 12.4. The zero-order chi connectivity index (χ0) is 26.0. The Balaban J connectivity index is 1.43. The largest absolute Gasteiger partial charge is 0.385 e. The maximum atomic E-state index is 13.3. The van der Waals surface area contributed by atoms with Gasteiger partial charge in [-0.15, -0.1) is 6.58 Å². The average molecular weight is 522 g/mol. The number of fused-ring (bicyclic) bond motifs is 4. The van der Waals surface area contributed by atoms with Crippen LogP contribution in [0.15, 0.2) is 64.6 Å². The SMILES string of the molecule is C=CC1(O)CCC2C3CCC4=CC(=O)CCC4=C3C(c3ccc(S(=O)(=O)N4CCCCC4)cc3)CC21C. The van der Waals surface area contributed by atoms with Crippen LogP contribution in [-0.4, -0.2) is 42.3 Å². The molecule has 1 aromatic rings. The molecule has 1 aromatic carbocycles. The second-order valence-electron chi connectivity index (χ2n) is 12.2. The number of benzene rings is 1. The Bertz CT molecular complexity index is 1290. The van der Waals surface area contributed by atoms with Gasteiger partial charge in [-0.3, -0.25) is 4.79 Å². The zero-order valence-corrected chi connectivity index (χ0v) is 22.7. The van der Waals surface area contributed by atoms with E-state index in [0.717, 1.165) is 63.4 Å². The van der Waals surface area contributed by atoms with Gasteiger partial charge in [0.15, 0.2) is 5.78 Å². The summed E-state index contributed by atoms with van der Waals surface area (Å²) in [5, 5.41) is 11.7. The van der Waals surface area contributed by atoms with Crippen LogP contribution in [0.2, 0.25) is 0 Å². The average Bonchev–Trinajstić information content (AvgIpc) is 3.19. The lowest BCUT2D eigenvalue weighted by atomic mass is 9.51. The fourth-order valence-corrected chi connectivity index (χ4v) is 9.98. The van der Waals surface area contributed by atoms with Crippen molar-refractivity contribution < 1.29 is 18.3 Å². The molecular formula is C31H39NO4S. The molecular weight excluding hydrogens is 482 g/mol. The smallest absolute Gasteiger partial charge is 0.243 e. The second kappa shape index (κ2) is 9.03. The number of carbonyl (C=O) groups excluding carboxylic acids is 1. The summed E-state index contributed by atoms with van der Waals surface area (Å²) in [5.41, 5.74) is 3.94. The predicted molar refractivity (Wildman–Crippen MR) is 144 cm³/mol. The van der Waals surface area contributed by atoms with Crippen molar-refractivity contribution in [3.8, 4) is 0 Å². The van der Waals surface area contributed by atoms with Crippen molar-refractivity contribution in [3.63, 3.8) is 0 Å². The Labute approximate surface area is 221 Å². The standard InChI is InChI=1S/C31H39NO4S/c1-3-31(34)16-15-28-26-13-9-22-19-23(33)10-14-25(22)29(26)27(20-30(28,31)2)21-7-11-24(12-8-21)37(35,36)32-17-5-4-6-18-32/h3,7-8,11-12,19,26-28,34H,1,4-6,9-10,13-18,20H2,2H3. The van der Waals surface area contributed by atoms with Crippen LogP contribution >= 0.6 is 0 Å². The highest BCUT2D eigenvalue weighted by molar-refractivity contribution is 7.89. The molecule has 0 aromatic heterocycles. The first-order valence-corrected chi connectivity index (χ1v) is 15.5. The molecule has 198 valence electrons. The van der Waals surface area contributed by atoms with Crippen molar-refractivity contribution in [1.82, 2.24) is 4.31 Å². The van der Waals surface area contributed by atoms with Gasteiger partial charge >= 0.3 is 0 Å². The number of sulfonamides is 1. The van der Waals surface area contributed by atoms with E-state index in [2.05, 4.69) is 13.5 Å². The van der Waals surface area contributed by atoms with Crippen LogP contribution in [-0.2, 0) is 14.8 Å². The van der Waals surface area contributed by atoms with Gasteiger partial charge < -0.3 is 5.11 Å². The number of carbonyl (C=O) groups is 1. The molecule has 3 fully saturated rings. The lowest BCUT2D eigenvalue weighted by Gasteiger charge is -2.54. The minimum Gasteiger partial charge on any atom is -0.385 e. The van der Waals surface area contributed by atoms with Crippen molar-refractivity contribution in [2.45, 2.75) is 87.5 Å². The first kappa shape index (κ1) is 25.3.